The highest BCUT2D eigenvalue weighted by atomic mass is 35.5. The zero-order chi connectivity index (χ0) is 10.7. The fourth-order valence-electron chi connectivity index (χ4n) is 1.84. The fraction of sp³-hybridized carbons (Fsp3) is 0.455. The van der Waals surface area contributed by atoms with E-state index in [4.69, 9.17) is 17.3 Å². The van der Waals surface area contributed by atoms with Crippen LogP contribution in [-0.2, 0) is 6.54 Å². The van der Waals surface area contributed by atoms with Crippen LogP contribution in [0.25, 0.3) is 0 Å². The lowest BCUT2D eigenvalue weighted by Crippen LogP contribution is -2.43. The van der Waals surface area contributed by atoms with Gasteiger partial charge in [0, 0.05) is 32.7 Å². The first kappa shape index (κ1) is 10.7. The molecule has 2 rings (SSSR count). The molecule has 0 aromatic heterocycles. The van der Waals surface area contributed by atoms with Crippen LogP contribution in [-0.4, -0.2) is 26.2 Å². The van der Waals surface area contributed by atoms with E-state index in [9.17, 15) is 0 Å². The van der Waals surface area contributed by atoms with Gasteiger partial charge in [0.1, 0.15) is 0 Å². The normalized spacial score (nSPS) is 16.8. The van der Waals surface area contributed by atoms with Crippen molar-refractivity contribution in [3.63, 3.8) is 0 Å². The first-order valence-corrected chi connectivity index (χ1v) is 5.63. The van der Waals surface area contributed by atoms with Crippen LogP contribution in [0.3, 0.4) is 0 Å². The van der Waals surface area contributed by atoms with Crippen molar-refractivity contribution in [2.75, 3.05) is 31.1 Å². The summed E-state index contributed by atoms with van der Waals surface area (Å²) in [5.41, 5.74) is 7.77. The number of nitrogens with two attached hydrogens (primary N) is 1. The van der Waals surface area contributed by atoms with Crippen LogP contribution in [0.1, 0.15) is 5.56 Å². The van der Waals surface area contributed by atoms with Gasteiger partial charge >= 0.3 is 0 Å². The van der Waals surface area contributed by atoms with Crippen molar-refractivity contribution >= 4 is 17.3 Å². The molecule has 0 spiro atoms. The number of rotatable bonds is 2. The minimum absolute atomic E-state index is 0.543. The Labute approximate surface area is 95.2 Å². The molecule has 1 fully saturated rings. The summed E-state index contributed by atoms with van der Waals surface area (Å²) in [6.45, 7) is 4.62. The van der Waals surface area contributed by atoms with Crippen molar-refractivity contribution in [2.24, 2.45) is 5.73 Å². The monoisotopic (exact) mass is 225 g/mol. The molecular weight excluding hydrogens is 210 g/mol. The summed E-state index contributed by atoms with van der Waals surface area (Å²) < 4.78 is 0. The molecule has 82 valence electrons. The summed E-state index contributed by atoms with van der Waals surface area (Å²) in [5.74, 6) is 0. The predicted octanol–water partition coefficient (Wildman–Crippen LogP) is 1.21. The molecule has 1 heterocycles. The highest BCUT2D eigenvalue weighted by Gasteiger charge is 2.13. The van der Waals surface area contributed by atoms with E-state index in [2.05, 4.69) is 16.3 Å². The molecule has 4 heteroatoms. The second-order valence-corrected chi connectivity index (χ2v) is 4.13. The van der Waals surface area contributed by atoms with Gasteiger partial charge in [0.15, 0.2) is 0 Å². The third-order valence-electron chi connectivity index (χ3n) is 2.71. The van der Waals surface area contributed by atoms with E-state index < -0.39 is 0 Å². The van der Waals surface area contributed by atoms with Crippen molar-refractivity contribution in [3.8, 4) is 0 Å². The van der Waals surface area contributed by atoms with E-state index in [1.54, 1.807) is 0 Å². The maximum Gasteiger partial charge on any atom is 0.0642 e. The fourth-order valence-corrected chi connectivity index (χ4v) is 2.16. The number of benzene rings is 1. The minimum atomic E-state index is 0.543. The van der Waals surface area contributed by atoms with Crippen LogP contribution in [0.2, 0.25) is 5.02 Å². The molecule has 0 unspecified atom stereocenters. The van der Waals surface area contributed by atoms with Gasteiger partial charge in [0.05, 0.1) is 10.7 Å². The van der Waals surface area contributed by atoms with Gasteiger partial charge in [-0.1, -0.05) is 17.7 Å². The van der Waals surface area contributed by atoms with Crippen molar-refractivity contribution in [1.82, 2.24) is 5.32 Å². The van der Waals surface area contributed by atoms with E-state index in [0.717, 1.165) is 42.5 Å². The first-order chi connectivity index (χ1) is 7.31. The topological polar surface area (TPSA) is 41.3 Å². The zero-order valence-corrected chi connectivity index (χ0v) is 9.43. The summed E-state index contributed by atoms with van der Waals surface area (Å²) in [4.78, 5) is 2.30. The van der Waals surface area contributed by atoms with Crippen LogP contribution < -0.4 is 16.0 Å². The molecule has 0 aliphatic carbocycles. The molecule has 1 saturated heterocycles. The van der Waals surface area contributed by atoms with E-state index >= 15 is 0 Å². The van der Waals surface area contributed by atoms with Gasteiger partial charge in [-0.25, -0.2) is 0 Å². The molecule has 3 N–H and O–H groups in total. The summed E-state index contributed by atoms with van der Waals surface area (Å²) in [6, 6.07) is 6.07. The van der Waals surface area contributed by atoms with E-state index in [0.29, 0.717) is 6.54 Å². The number of hydrogen-bond acceptors (Lipinski definition) is 3. The molecule has 1 aromatic carbocycles. The van der Waals surface area contributed by atoms with Crippen molar-refractivity contribution in [2.45, 2.75) is 6.54 Å². The van der Waals surface area contributed by atoms with Crippen molar-refractivity contribution in [3.05, 3.63) is 28.8 Å². The Kier molecular flexibility index (Phi) is 3.46. The number of hydrogen-bond donors (Lipinski definition) is 2. The molecular formula is C11H16ClN3. The largest absolute Gasteiger partial charge is 0.368 e. The Morgan fingerprint density at radius 1 is 1.33 bits per heavy atom. The molecule has 0 atom stereocenters. The SMILES string of the molecule is NCc1ccc(N2CCNCC2)c(Cl)c1. The van der Waals surface area contributed by atoms with Crippen molar-refractivity contribution in [1.29, 1.82) is 0 Å². The number of anilines is 1. The van der Waals surface area contributed by atoms with Gasteiger partial charge in [-0.15, -0.1) is 0 Å². The van der Waals surface area contributed by atoms with E-state index in [-0.39, 0.29) is 0 Å². The van der Waals surface area contributed by atoms with Crippen LogP contribution in [0, 0.1) is 0 Å². The molecule has 0 bridgehead atoms. The number of halogens is 1. The molecule has 0 amide bonds. The highest BCUT2D eigenvalue weighted by molar-refractivity contribution is 6.33. The highest BCUT2D eigenvalue weighted by Crippen LogP contribution is 2.26. The molecule has 0 radical (unpaired) electrons. The average molecular weight is 226 g/mol. The second kappa shape index (κ2) is 4.84. The molecule has 15 heavy (non-hydrogen) atoms. The molecule has 1 aromatic rings. The number of nitrogens with zero attached hydrogens (tertiary/aromatic N) is 1. The van der Waals surface area contributed by atoms with Crippen molar-refractivity contribution < 1.29 is 0 Å². The summed E-state index contributed by atoms with van der Waals surface area (Å²) in [5, 5.41) is 4.13. The van der Waals surface area contributed by atoms with Gasteiger partial charge in [-0.05, 0) is 17.7 Å². The molecule has 1 aliphatic rings. The summed E-state index contributed by atoms with van der Waals surface area (Å²) in [7, 11) is 0. The Bertz CT molecular complexity index is 335. The minimum Gasteiger partial charge on any atom is -0.368 e. The average Bonchev–Trinajstić information content (AvgIpc) is 2.30. The van der Waals surface area contributed by atoms with E-state index in [1.165, 1.54) is 0 Å². The Hall–Kier alpha value is -0.770. The molecule has 0 saturated carbocycles. The van der Waals surface area contributed by atoms with Crippen LogP contribution in [0.5, 0.6) is 0 Å². The number of nitrogens with one attached hydrogen (secondary N) is 1. The lowest BCUT2D eigenvalue weighted by molar-refractivity contribution is 0.589. The third-order valence-corrected chi connectivity index (χ3v) is 3.01. The Morgan fingerprint density at radius 2 is 2.07 bits per heavy atom. The predicted molar refractivity (Wildman–Crippen MR) is 64.4 cm³/mol. The van der Waals surface area contributed by atoms with Gasteiger partial charge < -0.3 is 16.0 Å². The standard InChI is InChI=1S/C11H16ClN3/c12-10-7-9(8-13)1-2-11(10)15-5-3-14-4-6-15/h1-2,7,14H,3-6,8,13H2. The van der Waals surface area contributed by atoms with Gasteiger partial charge in [0.25, 0.3) is 0 Å². The first-order valence-electron chi connectivity index (χ1n) is 5.25. The maximum atomic E-state index is 6.22. The number of piperazine rings is 1. The smallest absolute Gasteiger partial charge is 0.0642 e. The Balaban J connectivity index is 2.19. The van der Waals surface area contributed by atoms with Gasteiger partial charge in [-0.3, -0.25) is 0 Å². The second-order valence-electron chi connectivity index (χ2n) is 3.73. The van der Waals surface area contributed by atoms with Crippen LogP contribution in [0.15, 0.2) is 18.2 Å². The third kappa shape index (κ3) is 2.43. The quantitative estimate of drug-likeness (QED) is 0.795. The van der Waals surface area contributed by atoms with Gasteiger partial charge in [-0.2, -0.15) is 0 Å². The zero-order valence-electron chi connectivity index (χ0n) is 8.67. The summed E-state index contributed by atoms with van der Waals surface area (Å²) in [6.07, 6.45) is 0. The lowest BCUT2D eigenvalue weighted by atomic mass is 10.2. The summed E-state index contributed by atoms with van der Waals surface area (Å²) >= 11 is 6.22. The molecule has 3 nitrogen and oxygen atoms in total. The van der Waals surface area contributed by atoms with Crippen LogP contribution in [0.4, 0.5) is 5.69 Å². The Morgan fingerprint density at radius 3 is 2.67 bits per heavy atom. The maximum absolute atomic E-state index is 6.22. The van der Waals surface area contributed by atoms with E-state index in [1.807, 2.05) is 12.1 Å². The van der Waals surface area contributed by atoms with Crippen LogP contribution >= 0.6 is 11.6 Å². The van der Waals surface area contributed by atoms with Gasteiger partial charge in [0.2, 0.25) is 0 Å². The lowest BCUT2D eigenvalue weighted by Gasteiger charge is -2.30. The molecule has 1 aliphatic heterocycles.